The molecule has 2 aromatic rings. The molecule has 2 aromatic carbocycles. The van der Waals surface area contributed by atoms with E-state index < -0.39 is 11.7 Å². The summed E-state index contributed by atoms with van der Waals surface area (Å²) in [7, 11) is 0. The van der Waals surface area contributed by atoms with Crippen molar-refractivity contribution in [2.24, 2.45) is 5.10 Å². The Morgan fingerprint density at radius 3 is 2.15 bits per heavy atom. The van der Waals surface area contributed by atoms with Gasteiger partial charge in [0.15, 0.2) is 0 Å². The molecule has 0 aromatic heterocycles. The molecule has 0 saturated heterocycles. The van der Waals surface area contributed by atoms with E-state index in [1.165, 1.54) is 12.1 Å². The topological polar surface area (TPSA) is 81.2 Å². The van der Waals surface area contributed by atoms with Gasteiger partial charge in [-0.1, -0.05) is 12.1 Å². The summed E-state index contributed by atoms with van der Waals surface area (Å²) in [5.41, 5.74) is 2.92. The molecule has 0 aliphatic rings. The third kappa shape index (κ3) is 5.53. The van der Waals surface area contributed by atoms with Crippen molar-refractivity contribution in [2.75, 3.05) is 12.0 Å². The zero-order valence-corrected chi connectivity index (χ0v) is 13.4. The minimum Gasteiger partial charge on any atom is -0.493 e. The fourth-order valence-electron chi connectivity index (χ4n) is 1.97. The smallest absolute Gasteiger partial charge is 0.416 e. The maximum atomic E-state index is 12.5. The molecule has 0 aliphatic carbocycles. The average Bonchev–Trinajstić information content (AvgIpc) is 2.63. The Hall–Kier alpha value is -3.52. The number of benzene rings is 2. The molecule has 0 bridgehead atoms. The fourth-order valence-corrected chi connectivity index (χ4v) is 1.97. The molecule has 26 heavy (non-hydrogen) atoms. The van der Waals surface area contributed by atoms with Crippen LogP contribution in [0.15, 0.2) is 53.6 Å². The molecule has 5 nitrogen and oxygen atoms in total. The van der Waals surface area contributed by atoms with Crippen LogP contribution in [0, 0.1) is 22.7 Å². The first-order valence-corrected chi connectivity index (χ1v) is 7.45. The van der Waals surface area contributed by atoms with Crippen LogP contribution in [-0.2, 0) is 12.6 Å². The molecule has 0 spiro atoms. The molecule has 0 saturated carbocycles. The third-order valence-electron chi connectivity index (χ3n) is 3.30. The van der Waals surface area contributed by atoms with E-state index in [1.54, 1.807) is 36.4 Å². The van der Waals surface area contributed by atoms with Gasteiger partial charge in [-0.25, -0.2) is 0 Å². The van der Waals surface area contributed by atoms with Crippen molar-refractivity contribution in [3.8, 4) is 17.9 Å². The number of nitriles is 2. The molecule has 0 amide bonds. The number of hydrogen-bond donors (Lipinski definition) is 1. The number of halogens is 3. The Morgan fingerprint density at radius 2 is 1.62 bits per heavy atom. The number of ether oxygens (including phenoxy) is 1. The molecular weight excluding hydrogens is 345 g/mol. The highest BCUT2D eigenvalue weighted by Crippen LogP contribution is 2.29. The van der Waals surface area contributed by atoms with E-state index in [2.05, 4.69) is 10.5 Å². The van der Waals surface area contributed by atoms with Crippen LogP contribution < -0.4 is 10.2 Å². The van der Waals surface area contributed by atoms with Crippen molar-refractivity contribution in [3.05, 3.63) is 59.7 Å². The van der Waals surface area contributed by atoms with Crippen molar-refractivity contribution in [1.29, 1.82) is 10.5 Å². The van der Waals surface area contributed by atoms with E-state index in [-0.39, 0.29) is 5.71 Å². The van der Waals surface area contributed by atoms with Crippen molar-refractivity contribution >= 4 is 11.4 Å². The standard InChI is InChI=1S/C18H13F3N4O/c19-18(20,21)14-3-1-13(2-4-14)9-10-26-17-7-5-15(6-8-17)24-25-16(11-22)12-23/h1-8,24H,9-10H2. The Morgan fingerprint density at radius 1 is 1.00 bits per heavy atom. The summed E-state index contributed by atoms with van der Waals surface area (Å²) >= 11 is 0. The Bertz CT molecular complexity index is 828. The molecule has 1 N–H and O–H groups in total. The normalized spacial score (nSPS) is 10.3. The third-order valence-corrected chi connectivity index (χ3v) is 3.30. The van der Waals surface area contributed by atoms with Gasteiger partial charge in [0.2, 0.25) is 5.71 Å². The highest BCUT2D eigenvalue weighted by Gasteiger charge is 2.29. The van der Waals surface area contributed by atoms with Crippen LogP contribution in [0.4, 0.5) is 18.9 Å². The Kier molecular flexibility index (Phi) is 6.18. The lowest BCUT2D eigenvalue weighted by Gasteiger charge is -2.09. The van der Waals surface area contributed by atoms with Crippen LogP contribution in [0.3, 0.4) is 0 Å². The second kappa shape index (κ2) is 8.54. The summed E-state index contributed by atoms with van der Waals surface area (Å²) in [5.74, 6) is 0.576. The Balaban J connectivity index is 1.84. The van der Waals surface area contributed by atoms with Gasteiger partial charge in [0.05, 0.1) is 17.9 Å². The minimum absolute atomic E-state index is 0.290. The lowest BCUT2D eigenvalue weighted by atomic mass is 10.1. The van der Waals surface area contributed by atoms with Crippen molar-refractivity contribution in [1.82, 2.24) is 0 Å². The zero-order valence-electron chi connectivity index (χ0n) is 13.4. The molecule has 0 radical (unpaired) electrons. The highest BCUT2D eigenvalue weighted by molar-refractivity contribution is 6.10. The van der Waals surface area contributed by atoms with Gasteiger partial charge < -0.3 is 4.74 Å². The minimum atomic E-state index is -4.34. The summed E-state index contributed by atoms with van der Waals surface area (Å²) in [4.78, 5) is 0. The average molecular weight is 358 g/mol. The largest absolute Gasteiger partial charge is 0.493 e. The van der Waals surface area contributed by atoms with Crippen molar-refractivity contribution < 1.29 is 17.9 Å². The molecule has 2 rings (SSSR count). The van der Waals surface area contributed by atoms with Gasteiger partial charge in [-0.2, -0.15) is 28.8 Å². The van der Waals surface area contributed by atoms with Crippen LogP contribution in [0.1, 0.15) is 11.1 Å². The van der Waals surface area contributed by atoms with Crippen LogP contribution in [0.5, 0.6) is 5.75 Å². The summed E-state index contributed by atoms with van der Waals surface area (Å²) in [6.07, 6.45) is -3.87. The van der Waals surface area contributed by atoms with E-state index in [4.69, 9.17) is 15.3 Å². The van der Waals surface area contributed by atoms with Crippen molar-refractivity contribution in [3.63, 3.8) is 0 Å². The highest BCUT2D eigenvalue weighted by atomic mass is 19.4. The second-order valence-corrected chi connectivity index (χ2v) is 5.11. The maximum Gasteiger partial charge on any atom is 0.416 e. The van der Waals surface area contributed by atoms with E-state index >= 15 is 0 Å². The predicted molar refractivity (Wildman–Crippen MR) is 89.4 cm³/mol. The van der Waals surface area contributed by atoms with Crippen LogP contribution >= 0.6 is 0 Å². The van der Waals surface area contributed by atoms with Gasteiger partial charge in [-0.05, 0) is 42.0 Å². The fraction of sp³-hybridized carbons (Fsp3) is 0.167. The van der Waals surface area contributed by atoms with E-state index in [0.29, 0.717) is 24.5 Å². The number of nitrogens with zero attached hydrogens (tertiary/aromatic N) is 3. The number of nitrogens with one attached hydrogen (secondary N) is 1. The van der Waals surface area contributed by atoms with Crippen LogP contribution in [0.2, 0.25) is 0 Å². The van der Waals surface area contributed by atoms with Gasteiger partial charge in [0.25, 0.3) is 0 Å². The zero-order chi connectivity index (χ0) is 19.0. The first-order valence-electron chi connectivity index (χ1n) is 7.45. The summed E-state index contributed by atoms with van der Waals surface area (Å²) < 4.78 is 43.0. The maximum absolute atomic E-state index is 12.5. The summed E-state index contributed by atoms with van der Waals surface area (Å²) in [6, 6.07) is 14.9. The lowest BCUT2D eigenvalue weighted by Crippen LogP contribution is -2.05. The molecule has 0 aliphatic heterocycles. The second-order valence-electron chi connectivity index (χ2n) is 5.11. The number of hydrogen-bond acceptors (Lipinski definition) is 5. The van der Waals surface area contributed by atoms with Crippen LogP contribution in [-0.4, -0.2) is 12.3 Å². The number of alkyl halides is 3. The van der Waals surface area contributed by atoms with Gasteiger partial charge in [0.1, 0.15) is 17.9 Å². The number of anilines is 1. The SMILES string of the molecule is N#CC(C#N)=NNc1ccc(OCCc2ccc(C(F)(F)F)cc2)cc1. The lowest BCUT2D eigenvalue weighted by molar-refractivity contribution is -0.137. The number of hydrazone groups is 1. The van der Waals surface area contributed by atoms with Gasteiger partial charge in [-0.3, -0.25) is 5.43 Å². The first kappa shape index (κ1) is 18.8. The quantitative estimate of drug-likeness (QED) is 0.621. The molecule has 132 valence electrons. The number of rotatable bonds is 6. The predicted octanol–water partition coefficient (Wildman–Crippen LogP) is 4.14. The molecule has 8 heteroatoms. The molecular formula is C18H13F3N4O. The summed E-state index contributed by atoms with van der Waals surface area (Å²) in [5, 5.41) is 20.8. The van der Waals surface area contributed by atoms with Crippen molar-refractivity contribution in [2.45, 2.75) is 12.6 Å². The van der Waals surface area contributed by atoms with Gasteiger partial charge >= 0.3 is 6.18 Å². The van der Waals surface area contributed by atoms with Gasteiger partial charge in [0, 0.05) is 6.42 Å². The van der Waals surface area contributed by atoms with E-state index in [9.17, 15) is 13.2 Å². The molecule has 0 unspecified atom stereocenters. The Labute approximate surface area is 147 Å². The van der Waals surface area contributed by atoms with E-state index in [0.717, 1.165) is 17.7 Å². The summed E-state index contributed by atoms with van der Waals surface area (Å²) in [6.45, 7) is 0.309. The molecule has 0 atom stereocenters. The molecule has 0 fully saturated rings. The van der Waals surface area contributed by atoms with E-state index in [1.807, 2.05) is 0 Å². The van der Waals surface area contributed by atoms with Crippen LogP contribution in [0.25, 0.3) is 0 Å². The monoisotopic (exact) mass is 358 g/mol. The van der Waals surface area contributed by atoms with Gasteiger partial charge in [-0.15, -0.1) is 0 Å². The molecule has 0 heterocycles. The first-order chi connectivity index (χ1) is 12.4.